The number of pyridine rings is 1. The molecule has 1 aromatic heterocycles. The zero-order chi connectivity index (χ0) is 19.2. The molecule has 0 saturated carbocycles. The van der Waals surface area contributed by atoms with Crippen LogP contribution in [-0.4, -0.2) is 16.6 Å². The van der Waals surface area contributed by atoms with Crippen molar-refractivity contribution in [3.63, 3.8) is 0 Å². The van der Waals surface area contributed by atoms with E-state index in [1.807, 2.05) is 0 Å². The first-order valence-corrected chi connectivity index (χ1v) is 9.06. The maximum atomic E-state index is 14.3. The maximum absolute atomic E-state index is 14.3. The molecular formula is C20H15F3N2OS. The van der Waals surface area contributed by atoms with Gasteiger partial charge in [-0.05, 0) is 36.4 Å². The van der Waals surface area contributed by atoms with Gasteiger partial charge in [0.2, 0.25) is 5.91 Å². The van der Waals surface area contributed by atoms with Gasteiger partial charge in [0.05, 0.1) is 23.7 Å². The molecule has 3 rings (SSSR count). The third kappa shape index (κ3) is 4.89. The van der Waals surface area contributed by atoms with Crippen LogP contribution in [0.1, 0.15) is 5.69 Å². The Bertz CT molecular complexity index is 938. The van der Waals surface area contributed by atoms with Crippen molar-refractivity contribution in [1.82, 2.24) is 4.98 Å². The Kier molecular flexibility index (Phi) is 6.13. The zero-order valence-electron chi connectivity index (χ0n) is 14.1. The molecule has 2 aromatic carbocycles. The highest BCUT2D eigenvalue weighted by Crippen LogP contribution is 2.26. The van der Waals surface area contributed by atoms with Gasteiger partial charge in [-0.1, -0.05) is 18.2 Å². The Morgan fingerprint density at radius 3 is 2.44 bits per heavy atom. The normalized spacial score (nSPS) is 10.6. The van der Waals surface area contributed by atoms with E-state index in [2.05, 4.69) is 4.98 Å². The first-order chi connectivity index (χ1) is 13.0. The number of anilines is 1. The Hall–Kier alpha value is -2.80. The number of carbonyl (C=O) groups is 1. The second-order valence-corrected chi connectivity index (χ2v) is 6.63. The molecule has 0 saturated heterocycles. The number of aromatic nitrogens is 1. The number of nitrogens with zero attached hydrogens (tertiary/aromatic N) is 2. The van der Waals surface area contributed by atoms with E-state index in [0.717, 1.165) is 23.9 Å². The van der Waals surface area contributed by atoms with Gasteiger partial charge in [0.15, 0.2) is 0 Å². The Morgan fingerprint density at radius 1 is 0.963 bits per heavy atom. The van der Waals surface area contributed by atoms with Gasteiger partial charge in [-0.3, -0.25) is 9.78 Å². The number of benzene rings is 2. The molecule has 0 unspecified atom stereocenters. The molecule has 0 N–H and O–H groups in total. The molecule has 7 heteroatoms. The van der Waals surface area contributed by atoms with Crippen molar-refractivity contribution in [2.75, 3.05) is 10.7 Å². The van der Waals surface area contributed by atoms with Crippen molar-refractivity contribution in [1.29, 1.82) is 0 Å². The van der Waals surface area contributed by atoms with Crippen LogP contribution in [0, 0.1) is 17.5 Å². The molecule has 3 aromatic rings. The van der Waals surface area contributed by atoms with Crippen LogP contribution in [0.4, 0.5) is 18.9 Å². The fourth-order valence-corrected chi connectivity index (χ4v) is 3.26. The second-order valence-electron chi connectivity index (χ2n) is 5.62. The zero-order valence-corrected chi connectivity index (χ0v) is 14.9. The molecule has 27 heavy (non-hydrogen) atoms. The first-order valence-electron chi connectivity index (χ1n) is 8.07. The summed E-state index contributed by atoms with van der Waals surface area (Å²) in [7, 11) is 0. The summed E-state index contributed by atoms with van der Waals surface area (Å²) in [5.41, 5.74) is 0.492. The van der Waals surface area contributed by atoms with E-state index >= 15 is 0 Å². The Balaban J connectivity index is 1.84. The lowest BCUT2D eigenvalue weighted by Gasteiger charge is -2.23. The fourth-order valence-electron chi connectivity index (χ4n) is 2.44. The lowest BCUT2D eigenvalue weighted by Crippen LogP contribution is -2.33. The molecular weight excluding hydrogens is 373 g/mol. The van der Waals surface area contributed by atoms with Gasteiger partial charge in [-0.25, -0.2) is 13.2 Å². The van der Waals surface area contributed by atoms with Crippen LogP contribution in [0.3, 0.4) is 0 Å². The van der Waals surface area contributed by atoms with Crippen molar-refractivity contribution >= 4 is 23.4 Å². The number of hydrogen-bond acceptors (Lipinski definition) is 3. The molecule has 0 radical (unpaired) electrons. The quantitative estimate of drug-likeness (QED) is 0.568. The smallest absolute Gasteiger partial charge is 0.237 e. The summed E-state index contributed by atoms with van der Waals surface area (Å²) >= 11 is 1.01. The minimum atomic E-state index is -0.852. The number of amides is 1. The first kappa shape index (κ1) is 19.0. The van der Waals surface area contributed by atoms with Gasteiger partial charge in [-0.15, -0.1) is 11.8 Å². The number of carbonyl (C=O) groups excluding carboxylic acids is 1. The van der Waals surface area contributed by atoms with E-state index in [0.29, 0.717) is 10.6 Å². The van der Waals surface area contributed by atoms with Crippen LogP contribution in [0.15, 0.2) is 71.8 Å². The summed E-state index contributed by atoms with van der Waals surface area (Å²) in [6, 6.07) is 14.3. The molecule has 138 valence electrons. The maximum Gasteiger partial charge on any atom is 0.237 e. The highest BCUT2D eigenvalue weighted by atomic mass is 32.2. The lowest BCUT2D eigenvalue weighted by atomic mass is 10.2. The van der Waals surface area contributed by atoms with E-state index in [9.17, 15) is 18.0 Å². The summed E-state index contributed by atoms with van der Waals surface area (Å²) in [6.45, 7) is 0.0139. The van der Waals surface area contributed by atoms with Crippen molar-refractivity contribution in [3.05, 3.63) is 90.0 Å². The van der Waals surface area contributed by atoms with Crippen LogP contribution in [0.2, 0.25) is 0 Å². The van der Waals surface area contributed by atoms with E-state index in [1.165, 1.54) is 17.0 Å². The standard InChI is InChI=1S/C20H15F3N2OS/c21-14-8-9-18(17(23)11-14)25(12-15-5-3-4-10-24-15)20(26)13-27-19-7-2-1-6-16(19)22/h1-11H,12-13H2. The van der Waals surface area contributed by atoms with E-state index in [1.54, 1.807) is 42.6 Å². The predicted molar refractivity (Wildman–Crippen MR) is 98.9 cm³/mol. The predicted octanol–water partition coefficient (Wildman–Crippen LogP) is 4.82. The SMILES string of the molecule is O=C(CSc1ccccc1F)N(Cc1ccccn1)c1ccc(F)cc1F. The molecule has 3 nitrogen and oxygen atoms in total. The second kappa shape index (κ2) is 8.73. The lowest BCUT2D eigenvalue weighted by molar-refractivity contribution is -0.116. The molecule has 0 aliphatic rings. The topological polar surface area (TPSA) is 33.2 Å². The van der Waals surface area contributed by atoms with E-state index in [4.69, 9.17) is 0 Å². The molecule has 1 amide bonds. The highest BCUT2D eigenvalue weighted by molar-refractivity contribution is 8.00. The number of thioether (sulfide) groups is 1. The van der Waals surface area contributed by atoms with Crippen LogP contribution in [-0.2, 0) is 11.3 Å². The number of hydrogen-bond donors (Lipinski definition) is 0. The van der Waals surface area contributed by atoms with Crippen LogP contribution >= 0.6 is 11.8 Å². The summed E-state index contributed by atoms with van der Waals surface area (Å²) in [4.78, 5) is 18.4. The minimum Gasteiger partial charge on any atom is -0.303 e. The molecule has 0 fully saturated rings. The van der Waals surface area contributed by atoms with Crippen molar-refractivity contribution < 1.29 is 18.0 Å². The summed E-state index contributed by atoms with van der Waals surface area (Å²) in [6.07, 6.45) is 1.56. The summed E-state index contributed by atoms with van der Waals surface area (Å²) in [5, 5.41) is 0. The van der Waals surface area contributed by atoms with Gasteiger partial charge in [0.25, 0.3) is 0 Å². The Labute approximate surface area is 158 Å². The minimum absolute atomic E-state index is 0.0139. The third-order valence-corrected chi connectivity index (χ3v) is 4.77. The van der Waals surface area contributed by atoms with Gasteiger partial charge in [0.1, 0.15) is 17.5 Å². The van der Waals surface area contributed by atoms with Gasteiger partial charge in [-0.2, -0.15) is 0 Å². The number of halogens is 3. The summed E-state index contributed by atoms with van der Waals surface area (Å²) in [5.74, 6) is -2.57. The molecule has 0 aliphatic carbocycles. The molecule has 1 heterocycles. The highest BCUT2D eigenvalue weighted by Gasteiger charge is 2.21. The van der Waals surface area contributed by atoms with Gasteiger partial charge in [0, 0.05) is 17.2 Å². The number of rotatable bonds is 6. The average Bonchev–Trinajstić information content (AvgIpc) is 2.66. The molecule has 0 spiro atoms. The average molecular weight is 388 g/mol. The third-order valence-electron chi connectivity index (χ3n) is 3.74. The van der Waals surface area contributed by atoms with Gasteiger partial charge >= 0.3 is 0 Å². The van der Waals surface area contributed by atoms with Crippen LogP contribution < -0.4 is 4.90 Å². The van der Waals surface area contributed by atoms with Crippen molar-refractivity contribution in [2.24, 2.45) is 0 Å². The van der Waals surface area contributed by atoms with Crippen LogP contribution in [0.25, 0.3) is 0 Å². The molecule has 0 bridgehead atoms. The van der Waals surface area contributed by atoms with Gasteiger partial charge < -0.3 is 4.90 Å². The van der Waals surface area contributed by atoms with E-state index < -0.39 is 23.4 Å². The molecule has 0 atom stereocenters. The van der Waals surface area contributed by atoms with Crippen LogP contribution in [0.5, 0.6) is 0 Å². The van der Waals surface area contributed by atoms with E-state index in [-0.39, 0.29) is 18.0 Å². The monoisotopic (exact) mass is 388 g/mol. The summed E-state index contributed by atoms with van der Waals surface area (Å²) < 4.78 is 41.3. The fraction of sp³-hybridized carbons (Fsp3) is 0.100. The van der Waals surface area contributed by atoms with Crippen molar-refractivity contribution in [2.45, 2.75) is 11.4 Å². The van der Waals surface area contributed by atoms with Crippen molar-refractivity contribution in [3.8, 4) is 0 Å². The Morgan fingerprint density at radius 2 is 1.74 bits per heavy atom. The molecule has 0 aliphatic heterocycles. The largest absolute Gasteiger partial charge is 0.303 e.